The number of para-hydroxylation sites is 1. The number of nitrogens with two attached hydrogens (primary N) is 1. The van der Waals surface area contributed by atoms with E-state index in [4.69, 9.17) is 18.0 Å². The number of aromatic nitrogens is 1. The zero-order valence-corrected chi connectivity index (χ0v) is 12.4. The van der Waals surface area contributed by atoms with Gasteiger partial charge in [-0.2, -0.15) is 0 Å². The quantitative estimate of drug-likeness (QED) is 0.719. The van der Waals surface area contributed by atoms with Gasteiger partial charge in [-0.05, 0) is 36.8 Å². The van der Waals surface area contributed by atoms with Crippen LogP contribution in [0.2, 0.25) is 0 Å². The summed E-state index contributed by atoms with van der Waals surface area (Å²) in [5.74, 6) is 0.687. The summed E-state index contributed by atoms with van der Waals surface area (Å²) in [6, 6.07) is 18.0. The van der Waals surface area contributed by atoms with Gasteiger partial charge in [-0.3, -0.25) is 0 Å². The van der Waals surface area contributed by atoms with Gasteiger partial charge in [0.1, 0.15) is 10.8 Å². The molecule has 0 fully saturated rings. The molecule has 0 radical (unpaired) electrons. The van der Waals surface area contributed by atoms with Crippen molar-refractivity contribution in [3.63, 3.8) is 0 Å². The highest BCUT2D eigenvalue weighted by atomic mass is 32.1. The summed E-state index contributed by atoms with van der Waals surface area (Å²) < 4.78 is 0. The minimum atomic E-state index is 0.336. The van der Waals surface area contributed by atoms with Crippen LogP contribution >= 0.6 is 12.2 Å². The summed E-state index contributed by atoms with van der Waals surface area (Å²) in [6.07, 6.45) is 0. The Kier molecular flexibility index (Phi) is 3.54. The predicted molar refractivity (Wildman–Crippen MR) is 92.1 cm³/mol. The lowest BCUT2D eigenvalue weighted by atomic mass is 10.1. The van der Waals surface area contributed by atoms with Gasteiger partial charge in [-0.1, -0.05) is 42.5 Å². The standard InChI is InChI=1S/C17H15N3S/c1-11-5-4-7-13(9-11)19-17-14(16(18)21)10-12-6-2-3-8-15(12)20-17/h2-10H,1H3,(H2,18,21)(H,19,20). The molecule has 0 saturated heterocycles. The lowest BCUT2D eigenvalue weighted by Crippen LogP contribution is -2.13. The highest BCUT2D eigenvalue weighted by Gasteiger charge is 2.09. The Bertz CT molecular complexity index is 827. The van der Waals surface area contributed by atoms with Crippen molar-refractivity contribution in [2.45, 2.75) is 6.92 Å². The fraction of sp³-hybridized carbons (Fsp3) is 0.0588. The Morgan fingerprint density at radius 3 is 2.67 bits per heavy atom. The van der Waals surface area contributed by atoms with Gasteiger partial charge in [0.15, 0.2) is 0 Å². The molecule has 0 atom stereocenters. The zero-order valence-electron chi connectivity index (χ0n) is 11.6. The van der Waals surface area contributed by atoms with E-state index >= 15 is 0 Å². The molecular formula is C17H15N3S. The first-order valence-electron chi connectivity index (χ1n) is 6.67. The van der Waals surface area contributed by atoms with Crippen molar-refractivity contribution in [3.8, 4) is 0 Å². The molecule has 3 nitrogen and oxygen atoms in total. The average Bonchev–Trinajstić information content (AvgIpc) is 2.46. The zero-order chi connectivity index (χ0) is 14.8. The van der Waals surface area contributed by atoms with E-state index in [2.05, 4.69) is 16.4 Å². The van der Waals surface area contributed by atoms with Gasteiger partial charge >= 0.3 is 0 Å². The van der Waals surface area contributed by atoms with E-state index < -0.39 is 0 Å². The molecule has 0 aliphatic heterocycles. The monoisotopic (exact) mass is 293 g/mol. The third-order valence-electron chi connectivity index (χ3n) is 3.27. The minimum Gasteiger partial charge on any atom is -0.389 e. The Labute approximate surface area is 128 Å². The van der Waals surface area contributed by atoms with Gasteiger partial charge in [-0.15, -0.1) is 0 Å². The molecule has 1 aromatic heterocycles. The number of nitrogens with zero attached hydrogens (tertiary/aromatic N) is 1. The Balaban J connectivity index is 2.11. The van der Waals surface area contributed by atoms with Crippen LogP contribution in [-0.4, -0.2) is 9.97 Å². The van der Waals surface area contributed by atoms with Crippen LogP contribution in [0.1, 0.15) is 11.1 Å². The largest absolute Gasteiger partial charge is 0.389 e. The first-order valence-corrected chi connectivity index (χ1v) is 7.07. The summed E-state index contributed by atoms with van der Waals surface area (Å²) in [4.78, 5) is 4.98. The Morgan fingerprint density at radius 2 is 1.90 bits per heavy atom. The molecule has 0 bridgehead atoms. The SMILES string of the molecule is Cc1cccc(Nc2nc3ccccc3cc2C(N)=S)c1. The molecule has 0 aliphatic rings. The molecule has 0 amide bonds. The molecule has 3 N–H and O–H groups in total. The number of fused-ring (bicyclic) bond motifs is 1. The van der Waals surface area contributed by atoms with Crippen LogP contribution in [0.15, 0.2) is 54.6 Å². The molecule has 3 aromatic rings. The normalized spacial score (nSPS) is 10.5. The Morgan fingerprint density at radius 1 is 1.10 bits per heavy atom. The summed E-state index contributed by atoms with van der Waals surface area (Å²) in [7, 11) is 0. The third kappa shape index (κ3) is 2.85. The van der Waals surface area contributed by atoms with Crippen molar-refractivity contribution >= 4 is 39.6 Å². The van der Waals surface area contributed by atoms with E-state index in [-0.39, 0.29) is 0 Å². The van der Waals surface area contributed by atoms with E-state index in [1.54, 1.807) is 0 Å². The maximum atomic E-state index is 5.84. The number of thiocarbonyl (C=S) groups is 1. The molecule has 1 heterocycles. The second-order valence-electron chi connectivity index (χ2n) is 4.94. The van der Waals surface area contributed by atoms with Crippen LogP contribution in [0.5, 0.6) is 0 Å². The Hall–Kier alpha value is -2.46. The van der Waals surface area contributed by atoms with Crippen molar-refractivity contribution in [1.82, 2.24) is 4.98 Å². The van der Waals surface area contributed by atoms with E-state index in [0.29, 0.717) is 10.8 Å². The smallest absolute Gasteiger partial charge is 0.141 e. The van der Waals surface area contributed by atoms with E-state index in [9.17, 15) is 0 Å². The number of rotatable bonds is 3. The molecular weight excluding hydrogens is 278 g/mol. The van der Waals surface area contributed by atoms with Crippen molar-refractivity contribution in [1.29, 1.82) is 0 Å². The summed E-state index contributed by atoms with van der Waals surface area (Å²) in [5, 5.41) is 4.33. The number of benzene rings is 2. The van der Waals surface area contributed by atoms with Crippen LogP contribution in [0.3, 0.4) is 0 Å². The second kappa shape index (κ2) is 5.50. The predicted octanol–water partition coefficient (Wildman–Crippen LogP) is 3.92. The summed E-state index contributed by atoms with van der Waals surface area (Å²) >= 11 is 5.15. The molecule has 0 unspecified atom stereocenters. The molecule has 104 valence electrons. The lowest BCUT2D eigenvalue weighted by Gasteiger charge is -2.12. The first kappa shape index (κ1) is 13.5. The van der Waals surface area contributed by atoms with Crippen molar-refractivity contribution in [2.75, 3.05) is 5.32 Å². The van der Waals surface area contributed by atoms with Crippen LogP contribution < -0.4 is 11.1 Å². The van der Waals surface area contributed by atoms with Crippen LogP contribution in [0, 0.1) is 6.92 Å². The maximum Gasteiger partial charge on any atom is 0.141 e. The molecule has 3 rings (SSSR count). The van der Waals surface area contributed by atoms with E-state index in [1.807, 2.05) is 55.5 Å². The van der Waals surface area contributed by atoms with Crippen molar-refractivity contribution < 1.29 is 0 Å². The van der Waals surface area contributed by atoms with Crippen molar-refractivity contribution in [3.05, 3.63) is 65.7 Å². The lowest BCUT2D eigenvalue weighted by molar-refractivity contribution is 1.35. The topological polar surface area (TPSA) is 50.9 Å². The minimum absolute atomic E-state index is 0.336. The number of hydrogen-bond donors (Lipinski definition) is 2. The number of nitrogens with one attached hydrogen (secondary N) is 1. The first-order chi connectivity index (χ1) is 10.1. The van der Waals surface area contributed by atoms with Gasteiger partial charge in [0, 0.05) is 11.1 Å². The van der Waals surface area contributed by atoms with Crippen LogP contribution in [0.25, 0.3) is 10.9 Å². The highest BCUT2D eigenvalue weighted by Crippen LogP contribution is 2.24. The van der Waals surface area contributed by atoms with Gasteiger partial charge in [0.25, 0.3) is 0 Å². The second-order valence-corrected chi connectivity index (χ2v) is 5.38. The van der Waals surface area contributed by atoms with Gasteiger partial charge in [-0.25, -0.2) is 4.98 Å². The van der Waals surface area contributed by atoms with Crippen LogP contribution in [0.4, 0.5) is 11.5 Å². The van der Waals surface area contributed by atoms with Gasteiger partial charge < -0.3 is 11.1 Å². The average molecular weight is 293 g/mol. The van der Waals surface area contributed by atoms with E-state index in [0.717, 1.165) is 22.2 Å². The number of pyridine rings is 1. The van der Waals surface area contributed by atoms with Crippen molar-refractivity contribution in [2.24, 2.45) is 5.73 Å². The number of anilines is 2. The maximum absolute atomic E-state index is 5.84. The van der Waals surface area contributed by atoms with Gasteiger partial charge in [0.05, 0.1) is 11.1 Å². The van der Waals surface area contributed by atoms with E-state index in [1.165, 1.54) is 5.56 Å². The molecule has 0 spiro atoms. The highest BCUT2D eigenvalue weighted by molar-refractivity contribution is 7.80. The summed E-state index contributed by atoms with van der Waals surface area (Å²) in [5.41, 5.74) is 9.65. The van der Waals surface area contributed by atoms with Crippen LogP contribution in [-0.2, 0) is 0 Å². The number of hydrogen-bond acceptors (Lipinski definition) is 3. The molecule has 4 heteroatoms. The molecule has 0 aliphatic carbocycles. The molecule has 0 saturated carbocycles. The third-order valence-corrected chi connectivity index (χ3v) is 3.49. The fourth-order valence-electron chi connectivity index (χ4n) is 2.26. The van der Waals surface area contributed by atoms with Gasteiger partial charge in [0.2, 0.25) is 0 Å². The summed E-state index contributed by atoms with van der Waals surface area (Å²) in [6.45, 7) is 2.05. The molecule has 21 heavy (non-hydrogen) atoms. The fourth-order valence-corrected chi connectivity index (χ4v) is 2.41. The number of aryl methyl sites for hydroxylation is 1. The molecule has 2 aromatic carbocycles.